The number of hydrogen-bond acceptors (Lipinski definition) is 2. The van der Waals surface area contributed by atoms with E-state index in [1.54, 1.807) is 0 Å². The van der Waals surface area contributed by atoms with Crippen molar-refractivity contribution in [1.29, 1.82) is 0 Å². The van der Waals surface area contributed by atoms with Crippen molar-refractivity contribution >= 4 is 82.6 Å². The minimum Gasteiger partial charge on any atom is -0.454 e. The average Bonchev–Trinajstić information content (AvgIpc) is 3.95. The maximum absolute atomic E-state index is 6.64. The van der Waals surface area contributed by atoms with E-state index in [-0.39, 0.29) is 0 Å². The number of hydrogen-bond donors (Lipinski definition) is 0. The van der Waals surface area contributed by atoms with Gasteiger partial charge in [-0.15, -0.1) is 0 Å². The molecule has 0 fully saturated rings. The molecule has 0 aliphatic heterocycles. The first-order valence-corrected chi connectivity index (χ1v) is 19.8. The fourth-order valence-electron chi connectivity index (χ4n) is 9.17. The van der Waals surface area contributed by atoms with Gasteiger partial charge in [0.25, 0.3) is 0 Å². The molecule has 12 rings (SSSR count). The minimum atomic E-state index is 0.881. The zero-order valence-electron chi connectivity index (χ0n) is 31.5. The van der Waals surface area contributed by atoms with Gasteiger partial charge in [-0.1, -0.05) is 140 Å². The highest BCUT2D eigenvalue weighted by Gasteiger charge is 2.23. The first kappa shape index (κ1) is 32.4. The lowest BCUT2D eigenvalue weighted by Gasteiger charge is -2.27. The molecule has 0 atom stereocenters. The van der Waals surface area contributed by atoms with Crippen LogP contribution < -0.4 is 4.90 Å². The minimum absolute atomic E-state index is 0.881. The number of aromatic nitrogens is 2. The van der Waals surface area contributed by atoms with Gasteiger partial charge in [0.2, 0.25) is 0 Å². The molecule has 4 heteroatoms. The molecule has 0 saturated carbocycles. The van der Waals surface area contributed by atoms with E-state index in [0.717, 1.165) is 66.9 Å². The molecule has 0 aliphatic carbocycles. The third-order valence-electron chi connectivity index (χ3n) is 11.7. The van der Waals surface area contributed by atoms with Crippen LogP contribution >= 0.6 is 0 Å². The molecule has 58 heavy (non-hydrogen) atoms. The van der Waals surface area contributed by atoms with Gasteiger partial charge in [0.15, 0.2) is 5.58 Å². The van der Waals surface area contributed by atoms with Crippen molar-refractivity contribution in [2.45, 2.75) is 0 Å². The summed E-state index contributed by atoms with van der Waals surface area (Å²) in [5, 5.41) is 7.02. The van der Waals surface area contributed by atoms with Crippen molar-refractivity contribution in [1.82, 2.24) is 9.13 Å². The second-order valence-corrected chi connectivity index (χ2v) is 14.9. The molecule has 0 aliphatic rings. The summed E-state index contributed by atoms with van der Waals surface area (Å²) >= 11 is 0. The molecule has 3 aromatic heterocycles. The van der Waals surface area contributed by atoms with Crippen LogP contribution in [0.25, 0.3) is 88.1 Å². The number of furan rings is 1. The number of anilines is 3. The molecule has 0 radical (unpaired) electrons. The molecule has 0 bridgehead atoms. The van der Waals surface area contributed by atoms with Gasteiger partial charge in [0, 0.05) is 49.4 Å². The Kier molecular flexibility index (Phi) is 7.20. The van der Waals surface area contributed by atoms with Crippen LogP contribution in [0.15, 0.2) is 217 Å². The van der Waals surface area contributed by atoms with Crippen LogP contribution in [0.4, 0.5) is 17.1 Å². The highest BCUT2D eigenvalue weighted by molar-refractivity contribution is 6.18. The Hall–Kier alpha value is -7.82. The summed E-state index contributed by atoms with van der Waals surface area (Å²) in [6.07, 6.45) is 0. The Balaban J connectivity index is 1.10. The van der Waals surface area contributed by atoms with E-state index in [1.165, 1.54) is 38.2 Å². The Morgan fingerprint density at radius 1 is 0.362 bits per heavy atom. The van der Waals surface area contributed by atoms with Crippen LogP contribution in [0.3, 0.4) is 0 Å². The maximum Gasteiger partial charge on any atom is 0.159 e. The Bertz CT molecular complexity index is 3500. The van der Waals surface area contributed by atoms with E-state index in [9.17, 15) is 0 Å². The fraction of sp³-hybridized carbons (Fsp3) is 0. The Labute approximate surface area is 334 Å². The third kappa shape index (κ3) is 4.88. The van der Waals surface area contributed by atoms with Crippen LogP contribution in [0.1, 0.15) is 0 Å². The SMILES string of the molecule is c1ccc(-c2ccc(-n3c4ccccc4c4c(N(c5ccccc5)c5ccc6c7ccccc7n(-c7cccc8c7oc7ccccc78)c6c5)cccc43)cc2)cc1. The van der Waals surface area contributed by atoms with Gasteiger partial charge in [-0.25, -0.2) is 0 Å². The largest absolute Gasteiger partial charge is 0.454 e. The summed E-state index contributed by atoms with van der Waals surface area (Å²) in [6, 6.07) is 76.1. The molecule has 0 saturated heterocycles. The van der Waals surface area contributed by atoms with Crippen molar-refractivity contribution in [3.05, 3.63) is 212 Å². The van der Waals surface area contributed by atoms with Crippen LogP contribution in [0.5, 0.6) is 0 Å². The van der Waals surface area contributed by atoms with E-state index >= 15 is 0 Å². The Morgan fingerprint density at radius 3 is 1.78 bits per heavy atom. The topological polar surface area (TPSA) is 26.2 Å². The van der Waals surface area contributed by atoms with Crippen molar-refractivity contribution in [3.8, 4) is 22.5 Å². The van der Waals surface area contributed by atoms with Gasteiger partial charge in [-0.3, -0.25) is 0 Å². The van der Waals surface area contributed by atoms with E-state index < -0.39 is 0 Å². The standard InChI is InChI=1S/C54H35N3O/c1-3-15-36(16-4-1)37-29-31-39(32-30-37)56-47-24-11-8-21-45(47)53-48(25-14-26-49(53)56)55(38-17-5-2-6-18-38)40-33-34-42-41-19-7-10-23-46(41)57(51(42)35-40)50-27-13-22-44-43-20-9-12-28-52(43)58-54(44)50/h1-35H. The fourth-order valence-corrected chi connectivity index (χ4v) is 9.17. The van der Waals surface area contributed by atoms with E-state index in [0.29, 0.717) is 0 Å². The molecule has 3 heterocycles. The highest BCUT2D eigenvalue weighted by atomic mass is 16.3. The third-order valence-corrected chi connectivity index (χ3v) is 11.7. The molecule has 0 amide bonds. The molecule has 272 valence electrons. The quantitative estimate of drug-likeness (QED) is 0.170. The first-order valence-electron chi connectivity index (χ1n) is 19.8. The molecule has 12 aromatic rings. The molecule has 0 spiro atoms. The zero-order chi connectivity index (χ0) is 38.2. The second-order valence-electron chi connectivity index (χ2n) is 14.9. The number of rotatable bonds is 6. The smallest absolute Gasteiger partial charge is 0.159 e. The number of benzene rings is 9. The van der Waals surface area contributed by atoms with Crippen LogP contribution in [-0.2, 0) is 0 Å². The predicted octanol–water partition coefficient (Wildman–Crippen LogP) is 14.9. The zero-order valence-corrected chi connectivity index (χ0v) is 31.5. The lowest BCUT2D eigenvalue weighted by molar-refractivity contribution is 0.666. The molecular formula is C54H35N3O. The normalized spacial score (nSPS) is 11.8. The van der Waals surface area contributed by atoms with E-state index in [4.69, 9.17) is 4.42 Å². The second kappa shape index (κ2) is 12.9. The van der Waals surface area contributed by atoms with Crippen LogP contribution in [0.2, 0.25) is 0 Å². The van der Waals surface area contributed by atoms with Crippen LogP contribution in [-0.4, -0.2) is 9.13 Å². The molecular weight excluding hydrogens is 707 g/mol. The summed E-state index contributed by atoms with van der Waals surface area (Å²) in [6.45, 7) is 0. The van der Waals surface area contributed by atoms with Gasteiger partial charge in [0.05, 0.1) is 33.4 Å². The van der Waals surface area contributed by atoms with Crippen molar-refractivity contribution < 1.29 is 4.42 Å². The number of para-hydroxylation sites is 5. The number of fused-ring (bicyclic) bond motifs is 9. The predicted molar refractivity (Wildman–Crippen MR) is 243 cm³/mol. The van der Waals surface area contributed by atoms with Crippen molar-refractivity contribution in [2.24, 2.45) is 0 Å². The lowest BCUT2D eigenvalue weighted by Crippen LogP contribution is -2.10. The van der Waals surface area contributed by atoms with Gasteiger partial charge in [0.1, 0.15) is 5.58 Å². The molecule has 9 aromatic carbocycles. The summed E-state index contributed by atoms with van der Waals surface area (Å²) in [7, 11) is 0. The van der Waals surface area contributed by atoms with Crippen molar-refractivity contribution in [2.75, 3.05) is 4.90 Å². The summed E-state index contributed by atoms with van der Waals surface area (Å²) in [5.74, 6) is 0. The van der Waals surface area contributed by atoms with Gasteiger partial charge in [-0.05, 0) is 83.9 Å². The van der Waals surface area contributed by atoms with Crippen molar-refractivity contribution in [3.63, 3.8) is 0 Å². The molecule has 0 unspecified atom stereocenters. The van der Waals surface area contributed by atoms with E-state index in [1.807, 2.05) is 6.07 Å². The van der Waals surface area contributed by atoms with E-state index in [2.05, 4.69) is 220 Å². The van der Waals surface area contributed by atoms with Gasteiger partial charge >= 0.3 is 0 Å². The summed E-state index contributed by atoms with van der Waals surface area (Å²) < 4.78 is 11.4. The average molecular weight is 742 g/mol. The van der Waals surface area contributed by atoms with Crippen LogP contribution in [0, 0.1) is 0 Å². The van der Waals surface area contributed by atoms with Gasteiger partial charge in [-0.2, -0.15) is 0 Å². The Morgan fingerprint density at radius 2 is 0.966 bits per heavy atom. The molecule has 4 nitrogen and oxygen atoms in total. The summed E-state index contributed by atoms with van der Waals surface area (Å²) in [5.41, 5.74) is 14.2. The summed E-state index contributed by atoms with van der Waals surface area (Å²) in [4.78, 5) is 2.42. The number of nitrogens with zero attached hydrogens (tertiary/aromatic N) is 3. The first-order chi connectivity index (χ1) is 28.8. The maximum atomic E-state index is 6.64. The highest BCUT2D eigenvalue weighted by Crippen LogP contribution is 2.46. The molecule has 0 N–H and O–H groups in total. The lowest BCUT2D eigenvalue weighted by atomic mass is 10.1. The van der Waals surface area contributed by atoms with Gasteiger partial charge < -0.3 is 18.5 Å². The monoisotopic (exact) mass is 741 g/mol.